The Morgan fingerprint density at radius 2 is 1.48 bits per heavy atom. The number of aliphatic imine (C=N–C) groups is 1. The van der Waals surface area contributed by atoms with Gasteiger partial charge < -0.3 is 13.3 Å². The van der Waals surface area contributed by atoms with Gasteiger partial charge in [0.25, 0.3) is 0 Å². The molecule has 0 heterocycles. The predicted octanol–water partition coefficient (Wildman–Crippen LogP) is 4.85. The van der Waals surface area contributed by atoms with Gasteiger partial charge in [-0.1, -0.05) is 32.0 Å². The van der Waals surface area contributed by atoms with Crippen LogP contribution in [0.3, 0.4) is 0 Å². The van der Waals surface area contributed by atoms with Crippen molar-refractivity contribution in [3.63, 3.8) is 0 Å². The molecule has 0 amide bonds. The first-order valence-electron chi connectivity index (χ1n) is 8.59. The van der Waals surface area contributed by atoms with Crippen LogP contribution in [-0.4, -0.2) is 34.8 Å². The van der Waals surface area contributed by atoms with Crippen molar-refractivity contribution in [1.29, 1.82) is 0 Å². The maximum atomic E-state index is 6.07. The van der Waals surface area contributed by atoms with Crippen molar-refractivity contribution >= 4 is 20.7 Å². The summed E-state index contributed by atoms with van der Waals surface area (Å²) in [6, 6.07) is 9.98. The third-order valence-corrected chi connectivity index (χ3v) is 7.54. The molecule has 5 heteroatoms. The molecule has 0 aliphatic heterocycles. The van der Waals surface area contributed by atoms with Crippen LogP contribution >= 0.6 is 0 Å². The summed E-state index contributed by atoms with van der Waals surface area (Å²) in [5.74, 6) is 0.397. The summed E-state index contributed by atoms with van der Waals surface area (Å²) in [6.45, 7) is 12.2. The van der Waals surface area contributed by atoms with Crippen molar-refractivity contribution in [2.24, 2.45) is 10.9 Å². The Hall–Kier alpha value is -1.01. The zero-order valence-electron chi connectivity index (χ0n) is 15.1. The highest BCUT2D eigenvalue weighted by atomic mass is 28.4. The molecule has 0 aliphatic carbocycles. The Bertz CT molecular complexity index is 434. The average Bonchev–Trinajstić information content (AvgIpc) is 2.53. The second kappa shape index (κ2) is 10.7. The molecule has 0 N–H and O–H groups in total. The summed E-state index contributed by atoms with van der Waals surface area (Å²) in [6.07, 6.45) is 2.76. The molecule has 1 atom stereocenters. The highest BCUT2D eigenvalue weighted by Crippen LogP contribution is 2.35. The van der Waals surface area contributed by atoms with Gasteiger partial charge in [-0.15, -0.1) is 0 Å². The smallest absolute Gasteiger partial charge is 0.374 e. The standard InChI is InChI=1S/C18H31NO3Si/c1-6-20-23(21-7-2,22-8-3)18(16(4)5)14-15-19-17-12-10-9-11-13-17/h9-13,15-16,18H,6-8,14H2,1-5H3. The fourth-order valence-corrected chi connectivity index (χ4v) is 5.97. The molecule has 4 nitrogen and oxygen atoms in total. The summed E-state index contributed by atoms with van der Waals surface area (Å²) in [5.41, 5.74) is 1.17. The van der Waals surface area contributed by atoms with Crippen LogP contribution in [0.25, 0.3) is 0 Å². The number of para-hydroxylation sites is 1. The fourth-order valence-electron chi connectivity index (χ4n) is 2.66. The third kappa shape index (κ3) is 6.18. The molecule has 1 aromatic carbocycles. The molecule has 0 fully saturated rings. The van der Waals surface area contributed by atoms with Crippen molar-refractivity contribution in [2.75, 3.05) is 19.8 Å². The van der Waals surface area contributed by atoms with Gasteiger partial charge in [0.15, 0.2) is 0 Å². The molecule has 0 spiro atoms. The van der Waals surface area contributed by atoms with E-state index in [9.17, 15) is 0 Å². The van der Waals surface area contributed by atoms with Crippen molar-refractivity contribution < 1.29 is 13.3 Å². The molecular weight excluding hydrogens is 306 g/mol. The van der Waals surface area contributed by atoms with Crippen molar-refractivity contribution in [2.45, 2.75) is 46.6 Å². The summed E-state index contributed by atoms with van der Waals surface area (Å²) in [4.78, 5) is 4.55. The first-order valence-corrected chi connectivity index (χ1v) is 10.4. The van der Waals surface area contributed by atoms with Crippen LogP contribution < -0.4 is 0 Å². The molecule has 130 valence electrons. The molecule has 0 aromatic heterocycles. The number of benzene rings is 1. The molecule has 0 aliphatic rings. The topological polar surface area (TPSA) is 40.0 Å². The Labute approximate surface area is 142 Å². The monoisotopic (exact) mass is 337 g/mol. The summed E-state index contributed by atoms with van der Waals surface area (Å²) >= 11 is 0. The van der Waals surface area contributed by atoms with Gasteiger partial charge in [-0.2, -0.15) is 0 Å². The normalized spacial score (nSPS) is 13.8. The summed E-state index contributed by atoms with van der Waals surface area (Å²) < 4.78 is 18.2. The van der Waals surface area contributed by atoms with Crippen molar-refractivity contribution in [1.82, 2.24) is 0 Å². The predicted molar refractivity (Wildman–Crippen MR) is 98.4 cm³/mol. The lowest BCUT2D eigenvalue weighted by molar-refractivity contribution is 0.0563. The highest BCUT2D eigenvalue weighted by Gasteiger charge is 2.49. The van der Waals surface area contributed by atoms with Crippen LogP contribution in [0, 0.1) is 5.92 Å². The van der Waals surface area contributed by atoms with Crippen molar-refractivity contribution in [3.05, 3.63) is 30.3 Å². The van der Waals surface area contributed by atoms with Crippen LogP contribution in [-0.2, 0) is 13.3 Å². The van der Waals surface area contributed by atoms with Gasteiger partial charge in [-0.25, -0.2) is 0 Å². The Kier molecular flexibility index (Phi) is 9.32. The zero-order valence-corrected chi connectivity index (χ0v) is 16.1. The van der Waals surface area contributed by atoms with Crippen molar-refractivity contribution in [3.8, 4) is 0 Å². The second-order valence-corrected chi connectivity index (χ2v) is 8.45. The Morgan fingerprint density at radius 1 is 0.957 bits per heavy atom. The Balaban J connectivity index is 2.93. The minimum atomic E-state index is -2.72. The summed E-state index contributed by atoms with van der Waals surface area (Å²) in [5, 5.41) is 0. The van der Waals surface area contributed by atoms with Gasteiger partial charge in [0.1, 0.15) is 0 Å². The zero-order chi connectivity index (χ0) is 17.1. The average molecular weight is 338 g/mol. The molecule has 1 unspecified atom stereocenters. The third-order valence-electron chi connectivity index (χ3n) is 3.65. The number of hydrogen-bond donors (Lipinski definition) is 0. The minimum absolute atomic E-state index is 0.204. The van der Waals surface area contributed by atoms with Gasteiger partial charge in [-0.3, -0.25) is 4.99 Å². The maximum absolute atomic E-state index is 6.07. The quantitative estimate of drug-likeness (QED) is 0.428. The number of nitrogens with zero attached hydrogens (tertiary/aromatic N) is 1. The SMILES string of the molecule is CCO[Si](OCC)(OCC)C(CC=Nc1ccccc1)C(C)C. The molecule has 1 rings (SSSR count). The molecule has 23 heavy (non-hydrogen) atoms. The van der Waals surface area contributed by atoms with Gasteiger partial charge in [0.2, 0.25) is 0 Å². The largest absolute Gasteiger partial charge is 0.504 e. The van der Waals surface area contributed by atoms with E-state index >= 15 is 0 Å². The number of hydrogen-bond acceptors (Lipinski definition) is 4. The van der Waals surface area contributed by atoms with E-state index in [-0.39, 0.29) is 5.54 Å². The number of rotatable bonds is 11. The highest BCUT2D eigenvalue weighted by molar-refractivity contribution is 6.62. The second-order valence-electron chi connectivity index (χ2n) is 5.64. The lowest BCUT2D eigenvalue weighted by Gasteiger charge is -2.36. The van der Waals surface area contributed by atoms with Gasteiger partial charge in [0, 0.05) is 31.6 Å². The molecule has 1 aromatic rings. The van der Waals surface area contributed by atoms with E-state index in [1.807, 2.05) is 57.3 Å². The van der Waals surface area contributed by atoms with Crippen LogP contribution in [0.15, 0.2) is 35.3 Å². The first-order chi connectivity index (χ1) is 11.1. The van der Waals surface area contributed by atoms with Crippen LogP contribution in [0.4, 0.5) is 5.69 Å². The lowest BCUT2D eigenvalue weighted by atomic mass is 10.1. The summed E-state index contributed by atoms with van der Waals surface area (Å²) in [7, 11) is -2.72. The first kappa shape index (κ1) is 20.0. The van der Waals surface area contributed by atoms with Crippen LogP contribution in [0.1, 0.15) is 41.0 Å². The van der Waals surface area contributed by atoms with E-state index in [1.165, 1.54) is 0 Å². The molecule has 0 saturated carbocycles. The van der Waals surface area contributed by atoms with E-state index in [1.54, 1.807) is 0 Å². The van der Waals surface area contributed by atoms with Gasteiger partial charge in [0.05, 0.1) is 5.69 Å². The van der Waals surface area contributed by atoms with E-state index in [2.05, 4.69) is 18.8 Å². The molecule has 0 bridgehead atoms. The van der Waals surface area contributed by atoms with Gasteiger partial charge >= 0.3 is 8.80 Å². The van der Waals surface area contributed by atoms with Crippen LogP contribution in [0.5, 0.6) is 0 Å². The Morgan fingerprint density at radius 3 is 1.91 bits per heavy atom. The maximum Gasteiger partial charge on any atom is 0.504 e. The van der Waals surface area contributed by atoms with E-state index in [4.69, 9.17) is 13.3 Å². The lowest BCUT2D eigenvalue weighted by Crippen LogP contribution is -2.52. The molecule has 0 radical (unpaired) electrons. The van der Waals surface area contributed by atoms with E-state index in [0.29, 0.717) is 25.7 Å². The molecule has 0 saturated heterocycles. The fraction of sp³-hybridized carbons (Fsp3) is 0.611. The van der Waals surface area contributed by atoms with Crippen LogP contribution in [0.2, 0.25) is 5.54 Å². The van der Waals surface area contributed by atoms with E-state index < -0.39 is 8.80 Å². The van der Waals surface area contributed by atoms with E-state index in [0.717, 1.165) is 12.1 Å². The molecular formula is C18H31NO3Si. The van der Waals surface area contributed by atoms with Gasteiger partial charge in [-0.05, 0) is 45.2 Å². The minimum Gasteiger partial charge on any atom is -0.374 e.